The van der Waals surface area contributed by atoms with Crippen molar-refractivity contribution >= 4 is 5.78 Å². The van der Waals surface area contributed by atoms with Crippen LogP contribution in [0.1, 0.15) is 71.6 Å². The van der Waals surface area contributed by atoms with Crippen LogP contribution < -0.4 is 0 Å². The summed E-state index contributed by atoms with van der Waals surface area (Å²) in [5.74, 6) is 0.359. The lowest BCUT2D eigenvalue weighted by Gasteiger charge is -2.28. The minimum atomic E-state index is -0.572. The number of carbonyl (C=O) groups is 1. The molecular weight excluding hydrogens is 308 g/mol. The van der Waals surface area contributed by atoms with Crippen molar-refractivity contribution in [3.63, 3.8) is 0 Å². The van der Waals surface area contributed by atoms with Crippen molar-refractivity contribution in [3.05, 3.63) is 12.7 Å². The summed E-state index contributed by atoms with van der Waals surface area (Å²) in [5.41, 5.74) is -0.572. The zero-order chi connectivity index (χ0) is 17.3. The van der Waals surface area contributed by atoms with Crippen LogP contribution in [-0.2, 0) is 10.5 Å². The molecule has 9 nitrogen and oxygen atoms in total. The van der Waals surface area contributed by atoms with Crippen LogP contribution in [0.25, 0.3) is 0 Å². The van der Waals surface area contributed by atoms with Crippen molar-refractivity contribution in [2.45, 2.75) is 77.3 Å². The number of rotatable bonds is 12. The molecule has 0 saturated carbocycles. The van der Waals surface area contributed by atoms with Crippen LogP contribution in [0.5, 0.6) is 0 Å². The molecule has 0 bridgehead atoms. The number of hydrogen-bond donors (Lipinski definition) is 0. The van der Waals surface area contributed by atoms with Crippen LogP contribution in [0.3, 0.4) is 0 Å². The van der Waals surface area contributed by atoms with E-state index in [0.717, 1.165) is 32.1 Å². The largest absolute Gasteiger partial charge is 0.300 e. The molecule has 0 aromatic carbocycles. The van der Waals surface area contributed by atoms with Gasteiger partial charge in [-0.2, -0.15) is 0 Å². The predicted molar refractivity (Wildman–Crippen MR) is 86.9 cm³/mol. The van der Waals surface area contributed by atoms with Gasteiger partial charge in [-0.1, -0.05) is 26.2 Å². The van der Waals surface area contributed by atoms with Gasteiger partial charge in [0.05, 0.1) is 0 Å². The van der Waals surface area contributed by atoms with E-state index in [1.807, 2.05) is 6.92 Å². The molecule has 24 heavy (non-hydrogen) atoms. The van der Waals surface area contributed by atoms with Crippen LogP contribution in [0.2, 0.25) is 0 Å². The van der Waals surface area contributed by atoms with Crippen LogP contribution in [0.4, 0.5) is 0 Å². The lowest BCUT2D eigenvalue weighted by atomic mass is 10.0. The normalized spacial score (nSPS) is 11.8. The second-order valence-corrected chi connectivity index (χ2v) is 6.28. The monoisotopic (exact) mass is 334 g/mol. The third-order valence-corrected chi connectivity index (χ3v) is 4.35. The maximum absolute atomic E-state index is 11.9. The molecule has 0 spiro atoms. The Morgan fingerprint density at radius 2 is 1.50 bits per heavy atom. The van der Waals surface area contributed by atoms with E-state index in [4.69, 9.17) is 0 Å². The maximum Gasteiger partial charge on any atom is 0.158 e. The summed E-state index contributed by atoms with van der Waals surface area (Å²) in [6.45, 7) is 4.15. The summed E-state index contributed by atoms with van der Waals surface area (Å²) in [7, 11) is 0. The Kier molecular flexibility index (Phi) is 6.95. The number of nitrogens with zero attached hydrogens (tertiary/aromatic N) is 8. The third kappa shape index (κ3) is 4.90. The molecule has 0 N–H and O–H groups in total. The van der Waals surface area contributed by atoms with Gasteiger partial charge >= 0.3 is 0 Å². The number of unbranched alkanes of at least 4 members (excludes halogenated alkanes) is 4. The van der Waals surface area contributed by atoms with Crippen molar-refractivity contribution < 1.29 is 4.79 Å². The molecule has 0 atom stereocenters. The summed E-state index contributed by atoms with van der Waals surface area (Å²) < 4.78 is 3.30. The molecule has 0 fully saturated rings. The topological polar surface area (TPSA) is 104 Å². The summed E-state index contributed by atoms with van der Waals surface area (Å²) in [5, 5.41) is 22.8. The van der Waals surface area contributed by atoms with E-state index in [1.54, 1.807) is 22.0 Å². The van der Waals surface area contributed by atoms with Crippen molar-refractivity contribution in [2.75, 3.05) is 0 Å². The Balaban J connectivity index is 1.79. The lowest BCUT2D eigenvalue weighted by molar-refractivity contribution is -0.119. The first-order valence-electron chi connectivity index (χ1n) is 8.65. The van der Waals surface area contributed by atoms with E-state index < -0.39 is 5.66 Å². The quantitative estimate of drug-likeness (QED) is 0.546. The van der Waals surface area contributed by atoms with Gasteiger partial charge in [0.1, 0.15) is 18.4 Å². The molecule has 0 aliphatic rings. The predicted octanol–water partition coefficient (Wildman–Crippen LogP) is 1.98. The minimum absolute atomic E-state index is 0.359. The zero-order valence-electron chi connectivity index (χ0n) is 14.5. The highest BCUT2D eigenvalue weighted by Gasteiger charge is 2.31. The van der Waals surface area contributed by atoms with E-state index in [2.05, 4.69) is 38.0 Å². The number of ketones is 1. The summed E-state index contributed by atoms with van der Waals surface area (Å²) in [6.07, 6.45) is 11.5. The van der Waals surface area contributed by atoms with E-state index in [9.17, 15) is 4.79 Å². The summed E-state index contributed by atoms with van der Waals surface area (Å²) in [4.78, 5) is 11.9. The highest BCUT2D eigenvalue weighted by atomic mass is 16.1. The van der Waals surface area contributed by atoms with Crippen molar-refractivity contribution in [1.82, 2.24) is 40.4 Å². The Hall–Kier alpha value is -2.19. The van der Waals surface area contributed by atoms with Crippen LogP contribution in [-0.4, -0.2) is 46.2 Å². The Morgan fingerprint density at radius 1 is 0.917 bits per heavy atom. The highest BCUT2D eigenvalue weighted by molar-refractivity contribution is 5.78. The van der Waals surface area contributed by atoms with Gasteiger partial charge in [0.2, 0.25) is 0 Å². The third-order valence-electron chi connectivity index (χ3n) is 4.35. The molecule has 0 radical (unpaired) electrons. The molecule has 0 saturated heterocycles. The van der Waals surface area contributed by atoms with E-state index in [-0.39, 0.29) is 0 Å². The first-order valence-corrected chi connectivity index (χ1v) is 8.65. The molecule has 2 rings (SSSR count). The first-order chi connectivity index (χ1) is 11.7. The molecule has 0 amide bonds. The summed E-state index contributed by atoms with van der Waals surface area (Å²) >= 11 is 0. The van der Waals surface area contributed by atoms with Crippen LogP contribution >= 0.6 is 0 Å². The molecule has 0 unspecified atom stereocenters. The Bertz CT molecular complexity index is 546. The van der Waals surface area contributed by atoms with Crippen LogP contribution in [0.15, 0.2) is 12.7 Å². The minimum Gasteiger partial charge on any atom is -0.300 e. The second kappa shape index (κ2) is 9.19. The van der Waals surface area contributed by atoms with Gasteiger partial charge in [-0.05, 0) is 53.5 Å². The van der Waals surface area contributed by atoms with E-state index in [1.165, 1.54) is 12.8 Å². The summed E-state index contributed by atoms with van der Waals surface area (Å²) in [6, 6.07) is 0. The van der Waals surface area contributed by atoms with Gasteiger partial charge in [0.15, 0.2) is 5.66 Å². The van der Waals surface area contributed by atoms with E-state index >= 15 is 0 Å². The van der Waals surface area contributed by atoms with Gasteiger partial charge in [0.25, 0.3) is 0 Å². The molecule has 0 aliphatic carbocycles. The second-order valence-electron chi connectivity index (χ2n) is 6.28. The average molecular weight is 334 g/mol. The fourth-order valence-electron chi connectivity index (χ4n) is 2.75. The number of hydrogen-bond acceptors (Lipinski definition) is 7. The molecule has 9 heteroatoms. The smallest absolute Gasteiger partial charge is 0.158 e. The molecule has 2 heterocycles. The SMILES string of the molecule is CCCCCCC(=O)CCCCC(C)(n1cnnn1)n1cnnn1. The maximum atomic E-state index is 11.9. The molecule has 0 aliphatic heterocycles. The first kappa shape index (κ1) is 18.2. The van der Waals surface area contributed by atoms with Gasteiger partial charge in [-0.15, -0.1) is 10.2 Å². The fraction of sp³-hybridized carbons (Fsp3) is 0.800. The zero-order valence-corrected chi connectivity index (χ0v) is 14.5. The molecular formula is C15H26N8O. The Morgan fingerprint density at radius 3 is 2.00 bits per heavy atom. The number of Topliss-reactive ketones (excluding diaryl/α,β-unsaturated/α-hetero) is 1. The average Bonchev–Trinajstić information content (AvgIpc) is 3.29. The molecule has 2 aromatic heterocycles. The highest BCUT2D eigenvalue weighted by Crippen LogP contribution is 2.23. The fourth-order valence-corrected chi connectivity index (χ4v) is 2.75. The number of aromatic nitrogens is 8. The van der Waals surface area contributed by atoms with Gasteiger partial charge < -0.3 is 0 Å². The van der Waals surface area contributed by atoms with E-state index in [0.29, 0.717) is 18.6 Å². The van der Waals surface area contributed by atoms with Crippen molar-refractivity contribution in [1.29, 1.82) is 0 Å². The van der Waals surface area contributed by atoms with Gasteiger partial charge in [-0.3, -0.25) is 4.79 Å². The molecule has 132 valence electrons. The number of tetrazole rings is 2. The van der Waals surface area contributed by atoms with Crippen molar-refractivity contribution in [3.8, 4) is 0 Å². The lowest BCUT2D eigenvalue weighted by Crippen LogP contribution is -2.39. The molecule has 2 aromatic rings. The van der Waals surface area contributed by atoms with Gasteiger partial charge in [0, 0.05) is 12.8 Å². The van der Waals surface area contributed by atoms with Crippen LogP contribution in [0, 0.1) is 0 Å². The van der Waals surface area contributed by atoms with Crippen molar-refractivity contribution in [2.24, 2.45) is 0 Å². The standard InChI is InChI=1S/C15H26N8O/c1-3-4-5-6-9-14(24)10-7-8-11-15(2,22-12-16-18-20-22)23-13-17-19-21-23/h12-13H,3-11H2,1-2H3. The number of carbonyl (C=O) groups excluding carboxylic acids is 1. The van der Waals surface area contributed by atoms with Gasteiger partial charge in [-0.25, -0.2) is 9.36 Å². The Labute approximate surface area is 141 Å².